The maximum atomic E-state index is 11.4. The molecule has 4 aliphatic rings. The molecule has 162 valence electrons. The Labute approximate surface area is 185 Å². The van der Waals surface area contributed by atoms with E-state index in [1.54, 1.807) is 0 Å². The largest absolute Gasteiger partial charge is 0.393 e. The number of hydrogen-bond donors (Lipinski definition) is 1. The first kappa shape index (κ1) is 14.1. The zero-order valence-electron chi connectivity index (χ0n) is 25.5. The third-order valence-electron chi connectivity index (χ3n) is 10.4. The van der Waals surface area contributed by atoms with Gasteiger partial charge in [-0.3, -0.25) is 0 Å². The van der Waals surface area contributed by atoms with Gasteiger partial charge in [-0.15, -0.1) is 0 Å². The molecule has 0 radical (unpaired) electrons. The fourth-order valence-electron chi connectivity index (χ4n) is 9.03. The van der Waals surface area contributed by atoms with Crippen LogP contribution in [0.1, 0.15) is 121 Å². The van der Waals surface area contributed by atoms with Crippen molar-refractivity contribution in [1.29, 1.82) is 0 Å². The third-order valence-corrected chi connectivity index (χ3v) is 10.4. The van der Waals surface area contributed by atoms with E-state index in [9.17, 15) is 5.11 Å². The first-order chi connectivity index (χ1) is 16.1. The predicted octanol–water partition coefficient (Wildman–Crippen LogP) is 7.47. The minimum atomic E-state index is -2.82. The van der Waals surface area contributed by atoms with Gasteiger partial charge in [-0.2, -0.15) is 0 Å². The molecule has 0 amide bonds. The van der Waals surface area contributed by atoms with E-state index in [0.29, 0.717) is 47.3 Å². The van der Waals surface area contributed by atoms with Gasteiger partial charge in [-0.05, 0) is 97.2 Å². The number of fused-ring (bicyclic) bond motifs is 5. The fourth-order valence-corrected chi connectivity index (χ4v) is 9.03. The van der Waals surface area contributed by atoms with Gasteiger partial charge in [-0.1, -0.05) is 66.6 Å². The highest BCUT2D eigenvalue weighted by Gasteiger charge is 2.62. The van der Waals surface area contributed by atoms with E-state index in [4.69, 9.17) is 9.60 Å². The van der Waals surface area contributed by atoms with Crippen LogP contribution < -0.4 is 0 Å². The van der Waals surface area contributed by atoms with Crippen LogP contribution in [-0.2, 0) is 0 Å². The van der Waals surface area contributed by atoms with Crippen molar-refractivity contribution < 1.29 is 14.7 Å². The van der Waals surface area contributed by atoms with E-state index in [1.165, 1.54) is 38.5 Å². The summed E-state index contributed by atoms with van der Waals surface area (Å²) >= 11 is 0. The monoisotopic (exact) mass is 395 g/mol. The van der Waals surface area contributed by atoms with Gasteiger partial charge in [0, 0.05) is 9.60 Å². The van der Waals surface area contributed by atoms with Crippen LogP contribution >= 0.6 is 0 Å². The van der Waals surface area contributed by atoms with Crippen LogP contribution in [0.5, 0.6) is 0 Å². The predicted molar refractivity (Wildman–Crippen MR) is 119 cm³/mol. The standard InChI is InChI=1S/C27H48O/c1-18(2)9-8-10-19(3)21-12-13-22-25-23(14-16-27(21,22)5)26(4)15-7-6-11-20(26)17-24(25)28/h18-25,28H,6-17H2,1-5H3/t19-,20?,21-,22+,23+,24?,25+,26+,27-/m1/s1/i1D3,2D3,18D. The second-order valence-electron chi connectivity index (χ2n) is 11.6. The van der Waals surface area contributed by atoms with Gasteiger partial charge in [0.25, 0.3) is 0 Å². The van der Waals surface area contributed by atoms with Crippen LogP contribution in [0.15, 0.2) is 0 Å². The average Bonchev–Trinajstić information content (AvgIpc) is 3.09. The molecule has 1 heteroatoms. The van der Waals surface area contributed by atoms with Crippen molar-refractivity contribution in [1.82, 2.24) is 0 Å². The van der Waals surface area contributed by atoms with Crippen molar-refractivity contribution in [3.05, 3.63) is 0 Å². The van der Waals surface area contributed by atoms with E-state index >= 15 is 0 Å². The van der Waals surface area contributed by atoms with Crippen LogP contribution in [0.2, 0.25) is 0 Å². The Bertz CT molecular complexity index is 750. The first-order valence-corrected chi connectivity index (χ1v) is 12.2. The van der Waals surface area contributed by atoms with E-state index in [-0.39, 0.29) is 17.9 Å². The molecule has 0 aromatic rings. The Morgan fingerprint density at radius 2 is 1.79 bits per heavy atom. The summed E-state index contributed by atoms with van der Waals surface area (Å²) in [6, 6.07) is 0. The summed E-state index contributed by atoms with van der Waals surface area (Å²) in [7, 11) is 0. The maximum absolute atomic E-state index is 11.4. The Kier molecular flexibility index (Phi) is 3.98. The van der Waals surface area contributed by atoms with Crippen LogP contribution in [-0.4, -0.2) is 11.2 Å². The molecular weight excluding hydrogens is 340 g/mol. The Hall–Kier alpha value is -0.0400. The second kappa shape index (κ2) is 7.90. The molecule has 4 aliphatic carbocycles. The van der Waals surface area contributed by atoms with Crippen molar-refractivity contribution in [2.45, 2.75) is 118 Å². The molecule has 1 nitrogen and oxygen atoms in total. The highest BCUT2D eigenvalue weighted by atomic mass is 16.3. The Morgan fingerprint density at radius 1 is 1.00 bits per heavy atom. The van der Waals surface area contributed by atoms with Crippen LogP contribution in [0.25, 0.3) is 0 Å². The molecule has 4 fully saturated rings. The van der Waals surface area contributed by atoms with E-state index in [0.717, 1.165) is 25.7 Å². The topological polar surface area (TPSA) is 20.2 Å². The zero-order valence-corrected chi connectivity index (χ0v) is 18.5. The third kappa shape index (κ3) is 3.40. The smallest absolute Gasteiger partial charge is 0.0577 e. The molecule has 0 bridgehead atoms. The first-order valence-electron chi connectivity index (χ1n) is 15.7. The molecular formula is C27H48O. The summed E-state index contributed by atoms with van der Waals surface area (Å²) in [4.78, 5) is 0. The van der Waals surface area contributed by atoms with Crippen LogP contribution in [0.4, 0.5) is 0 Å². The van der Waals surface area contributed by atoms with Crippen molar-refractivity contribution >= 4 is 0 Å². The maximum Gasteiger partial charge on any atom is 0.0577 e. The molecule has 1 N–H and O–H groups in total. The molecule has 28 heavy (non-hydrogen) atoms. The Balaban J connectivity index is 1.45. The molecule has 0 aromatic heterocycles. The summed E-state index contributed by atoms with van der Waals surface area (Å²) in [5, 5.41) is 11.4. The molecule has 0 aliphatic heterocycles. The number of hydrogen-bond acceptors (Lipinski definition) is 1. The van der Waals surface area contributed by atoms with E-state index < -0.39 is 19.6 Å². The van der Waals surface area contributed by atoms with Crippen molar-refractivity contribution in [3.63, 3.8) is 0 Å². The highest BCUT2D eigenvalue weighted by molar-refractivity contribution is 5.11. The molecule has 0 spiro atoms. The lowest BCUT2D eigenvalue weighted by Gasteiger charge is -2.62. The summed E-state index contributed by atoms with van der Waals surface area (Å²) in [6.45, 7) is 1.57. The van der Waals surface area contributed by atoms with Gasteiger partial charge in [0.1, 0.15) is 0 Å². The van der Waals surface area contributed by atoms with E-state index in [2.05, 4.69) is 20.8 Å². The highest BCUT2D eigenvalue weighted by Crippen LogP contribution is 2.68. The average molecular weight is 396 g/mol. The SMILES string of the molecule is [2H]C([2H])([2H])C([2H])(CCC[C@@H](C)[C@H]1CC[C@H]2[C@@H]3C(O)CC4CCCC[C@]4(C)[C@H]3CC[C@]12C)C([2H])([2H])[2H]. The molecule has 0 heterocycles. The van der Waals surface area contributed by atoms with Crippen LogP contribution in [0, 0.1) is 52.2 Å². The van der Waals surface area contributed by atoms with Crippen molar-refractivity contribution in [2.24, 2.45) is 52.2 Å². The number of aliphatic hydroxyl groups is 1. The second-order valence-corrected chi connectivity index (χ2v) is 11.6. The molecule has 4 saturated carbocycles. The fraction of sp³-hybridized carbons (Fsp3) is 1.00. The lowest BCUT2D eigenvalue weighted by atomic mass is 9.44. The molecule has 0 aromatic carbocycles. The minimum Gasteiger partial charge on any atom is -0.393 e. The minimum absolute atomic E-state index is 0.125. The molecule has 2 unspecified atom stereocenters. The zero-order chi connectivity index (χ0) is 26.0. The lowest BCUT2D eigenvalue weighted by molar-refractivity contribution is -0.164. The van der Waals surface area contributed by atoms with E-state index in [1.807, 2.05) is 0 Å². The molecule has 4 rings (SSSR count). The summed E-state index contributed by atoms with van der Waals surface area (Å²) in [6.07, 6.45) is 11.8. The molecule has 9 atom stereocenters. The Morgan fingerprint density at radius 3 is 2.57 bits per heavy atom. The van der Waals surface area contributed by atoms with Gasteiger partial charge in [0.15, 0.2) is 0 Å². The van der Waals surface area contributed by atoms with Crippen molar-refractivity contribution in [3.8, 4) is 0 Å². The number of rotatable bonds is 5. The van der Waals surface area contributed by atoms with Gasteiger partial charge in [0.2, 0.25) is 0 Å². The molecule has 0 saturated heterocycles. The normalized spacial score (nSPS) is 54.4. The quantitative estimate of drug-likeness (QED) is 0.512. The van der Waals surface area contributed by atoms with Gasteiger partial charge in [-0.25, -0.2) is 0 Å². The summed E-state index contributed by atoms with van der Waals surface area (Å²) < 4.78 is 54.5. The lowest BCUT2D eigenvalue weighted by Crippen LogP contribution is -2.57. The summed E-state index contributed by atoms with van der Waals surface area (Å²) in [5.41, 5.74) is 0.570. The van der Waals surface area contributed by atoms with Gasteiger partial charge in [0.05, 0.1) is 6.10 Å². The van der Waals surface area contributed by atoms with Gasteiger partial charge >= 0.3 is 0 Å². The summed E-state index contributed by atoms with van der Waals surface area (Å²) in [5.74, 6) is 0.718. The van der Waals surface area contributed by atoms with Crippen LogP contribution in [0.3, 0.4) is 0 Å². The number of aliphatic hydroxyl groups excluding tert-OH is 1. The van der Waals surface area contributed by atoms with Crippen molar-refractivity contribution in [2.75, 3.05) is 0 Å². The van der Waals surface area contributed by atoms with Gasteiger partial charge < -0.3 is 5.11 Å².